The van der Waals surface area contributed by atoms with E-state index in [1.165, 1.54) is 33.2 Å². The highest BCUT2D eigenvalue weighted by atomic mass is 15.1. The van der Waals surface area contributed by atoms with Crippen molar-refractivity contribution in [2.75, 3.05) is 0 Å². The molecule has 0 amide bonds. The molecule has 4 rings (SSSR count). The molecular formula is C27H30N2. The Hall–Kier alpha value is -2.87. The zero-order valence-electron chi connectivity index (χ0n) is 17.8. The molecule has 1 heterocycles. The van der Waals surface area contributed by atoms with E-state index in [0.29, 0.717) is 17.8 Å². The second-order valence-electron chi connectivity index (χ2n) is 8.39. The lowest BCUT2D eigenvalue weighted by molar-refractivity contribution is 0.585. The van der Waals surface area contributed by atoms with Gasteiger partial charge in [-0.15, -0.1) is 0 Å². The maximum absolute atomic E-state index is 4.22. The predicted octanol–water partition coefficient (Wildman–Crippen LogP) is 7.32. The van der Waals surface area contributed by atoms with Crippen LogP contribution in [0.2, 0.25) is 0 Å². The number of H-pyrrole nitrogens is 1. The van der Waals surface area contributed by atoms with Gasteiger partial charge in [-0.2, -0.15) is 5.10 Å². The summed E-state index contributed by atoms with van der Waals surface area (Å²) in [5.74, 6) is 1.27. The Morgan fingerprint density at radius 3 is 2.28 bits per heavy atom. The van der Waals surface area contributed by atoms with Crippen LogP contribution < -0.4 is 0 Å². The molecule has 3 aromatic carbocycles. The third-order valence-electron chi connectivity index (χ3n) is 6.17. The highest BCUT2D eigenvalue weighted by Crippen LogP contribution is 2.42. The third kappa shape index (κ3) is 3.85. The Morgan fingerprint density at radius 2 is 1.59 bits per heavy atom. The normalized spacial score (nSPS) is 13.7. The highest BCUT2D eigenvalue weighted by molar-refractivity contribution is 5.79. The zero-order valence-corrected chi connectivity index (χ0v) is 17.8. The van der Waals surface area contributed by atoms with Gasteiger partial charge in [-0.05, 0) is 65.1 Å². The number of hydrogen-bond acceptors (Lipinski definition) is 1. The summed E-state index contributed by atoms with van der Waals surface area (Å²) >= 11 is 0. The van der Waals surface area contributed by atoms with Gasteiger partial charge in [0, 0.05) is 11.3 Å². The number of aromatic amines is 1. The van der Waals surface area contributed by atoms with Crippen molar-refractivity contribution in [1.82, 2.24) is 10.2 Å². The van der Waals surface area contributed by atoms with Crippen molar-refractivity contribution in [3.63, 3.8) is 0 Å². The molecule has 0 saturated heterocycles. The van der Waals surface area contributed by atoms with E-state index in [-0.39, 0.29) is 0 Å². The number of hydrogen-bond donors (Lipinski definition) is 1. The van der Waals surface area contributed by atoms with E-state index in [1.54, 1.807) is 0 Å². The molecule has 2 atom stereocenters. The van der Waals surface area contributed by atoms with Crippen LogP contribution >= 0.6 is 0 Å². The molecule has 2 heteroatoms. The number of fused-ring (bicyclic) bond motifs is 1. The minimum Gasteiger partial charge on any atom is -0.278 e. The van der Waals surface area contributed by atoms with Crippen molar-refractivity contribution in [2.24, 2.45) is 0 Å². The van der Waals surface area contributed by atoms with Gasteiger partial charge in [-0.3, -0.25) is 5.10 Å². The molecule has 1 N–H and O–H groups in total. The maximum atomic E-state index is 4.22. The van der Waals surface area contributed by atoms with Crippen LogP contribution in [0, 0.1) is 6.92 Å². The van der Waals surface area contributed by atoms with Gasteiger partial charge in [0.1, 0.15) is 0 Å². The van der Waals surface area contributed by atoms with Crippen LogP contribution in [-0.2, 0) is 0 Å². The first-order valence-electron chi connectivity index (χ1n) is 10.7. The summed E-state index contributed by atoms with van der Waals surface area (Å²) in [6, 6.07) is 24.8. The number of nitrogens with zero attached hydrogens (tertiary/aromatic N) is 1. The molecule has 0 aliphatic rings. The van der Waals surface area contributed by atoms with Crippen LogP contribution in [0.5, 0.6) is 0 Å². The number of benzene rings is 3. The summed E-state index contributed by atoms with van der Waals surface area (Å²) in [5, 5.41) is 8.47. The van der Waals surface area contributed by atoms with Gasteiger partial charge in [0.05, 0.1) is 11.7 Å². The average molecular weight is 383 g/mol. The van der Waals surface area contributed by atoms with Gasteiger partial charge >= 0.3 is 0 Å². The first-order chi connectivity index (χ1) is 14.1. The van der Waals surface area contributed by atoms with Crippen LogP contribution in [0.25, 0.3) is 10.9 Å². The summed E-state index contributed by atoms with van der Waals surface area (Å²) in [6.45, 7) is 9.09. The van der Waals surface area contributed by atoms with Crippen molar-refractivity contribution in [3.05, 3.63) is 101 Å². The first-order valence-corrected chi connectivity index (χ1v) is 10.7. The smallest absolute Gasteiger partial charge is 0.0650 e. The minimum atomic E-state index is 0.307. The molecule has 0 spiro atoms. The average Bonchev–Trinajstić information content (AvgIpc) is 3.20. The monoisotopic (exact) mass is 382 g/mol. The molecule has 0 radical (unpaired) electrons. The molecule has 0 fully saturated rings. The van der Waals surface area contributed by atoms with Crippen molar-refractivity contribution < 1.29 is 0 Å². The fourth-order valence-electron chi connectivity index (χ4n) is 4.72. The molecule has 2 unspecified atom stereocenters. The molecule has 4 aromatic rings. The maximum Gasteiger partial charge on any atom is 0.0650 e. The Kier molecular flexibility index (Phi) is 5.53. The number of rotatable bonds is 6. The molecule has 1 aromatic heterocycles. The molecule has 0 aliphatic heterocycles. The highest BCUT2D eigenvalue weighted by Gasteiger charge is 2.26. The summed E-state index contributed by atoms with van der Waals surface area (Å²) in [4.78, 5) is 0. The summed E-state index contributed by atoms with van der Waals surface area (Å²) in [6.07, 6.45) is 3.01. The predicted molar refractivity (Wildman–Crippen MR) is 123 cm³/mol. The fraction of sp³-hybridized carbons (Fsp3) is 0.296. The Balaban J connectivity index is 1.87. The Morgan fingerprint density at radius 1 is 0.862 bits per heavy atom. The Bertz CT molecular complexity index is 1090. The van der Waals surface area contributed by atoms with E-state index in [9.17, 15) is 0 Å². The van der Waals surface area contributed by atoms with E-state index in [2.05, 4.69) is 105 Å². The van der Waals surface area contributed by atoms with Crippen molar-refractivity contribution >= 4 is 10.9 Å². The number of aryl methyl sites for hydroxylation is 1. The molecule has 2 nitrogen and oxygen atoms in total. The van der Waals surface area contributed by atoms with Gasteiger partial charge < -0.3 is 0 Å². The summed E-state index contributed by atoms with van der Waals surface area (Å²) in [7, 11) is 0. The number of nitrogens with one attached hydrogen (secondary N) is 1. The number of aromatic nitrogens is 2. The van der Waals surface area contributed by atoms with Gasteiger partial charge in [-0.25, -0.2) is 0 Å². The second-order valence-corrected chi connectivity index (χ2v) is 8.39. The van der Waals surface area contributed by atoms with E-state index in [1.807, 2.05) is 6.20 Å². The third-order valence-corrected chi connectivity index (χ3v) is 6.17. The van der Waals surface area contributed by atoms with Crippen molar-refractivity contribution in [1.29, 1.82) is 0 Å². The molecular weight excluding hydrogens is 352 g/mol. The summed E-state index contributed by atoms with van der Waals surface area (Å²) in [5.41, 5.74) is 8.06. The van der Waals surface area contributed by atoms with Gasteiger partial charge in [0.25, 0.3) is 0 Å². The van der Waals surface area contributed by atoms with Crippen LogP contribution in [0.1, 0.15) is 72.8 Å². The van der Waals surface area contributed by atoms with E-state index in [4.69, 9.17) is 0 Å². The SMILES string of the molecule is CCC(c1ccccc1)C(c1ccc(C(C)C)c(C)c1)c1ccc2[nH]ncc2c1. The van der Waals surface area contributed by atoms with Crippen molar-refractivity contribution in [2.45, 2.75) is 51.9 Å². The Labute approximate surface area is 174 Å². The lowest BCUT2D eigenvalue weighted by Gasteiger charge is -2.29. The van der Waals surface area contributed by atoms with Crippen molar-refractivity contribution in [3.8, 4) is 0 Å². The molecule has 0 aliphatic carbocycles. The van der Waals surface area contributed by atoms with Gasteiger partial charge in [-0.1, -0.05) is 75.4 Å². The van der Waals surface area contributed by atoms with Gasteiger partial charge in [0.2, 0.25) is 0 Å². The standard InChI is InChI=1S/C27H30N2/c1-5-24(20-9-7-6-8-10-20)27(21-11-13-25(18(2)3)19(4)15-21)22-12-14-26-23(16-22)17-28-29-26/h6-18,24,27H,5H2,1-4H3,(H,28,29). The summed E-state index contributed by atoms with van der Waals surface area (Å²) < 4.78 is 0. The van der Waals surface area contributed by atoms with Crippen LogP contribution in [0.15, 0.2) is 72.9 Å². The van der Waals surface area contributed by atoms with Crippen LogP contribution in [-0.4, -0.2) is 10.2 Å². The fourth-order valence-corrected chi connectivity index (χ4v) is 4.72. The quantitative estimate of drug-likeness (QED) is 0.372. The zero-order chi connectivity index (χ0) is 20.4. The molecule has 0 bridgehead atoms. The van der Waals surface area contributed by atoms with E-state index < -0.39 is 0 Å². The van der Waals surface area contributed by atoms with Crippen LogP contribution in [0.3, 0.4) is 0 Å². The lowest BCUT2D eigenvalue weighted by atomic mass is 9.75. The molecule has 148 valence electrons. The van der Waals surface area contributed by atoms with E-state index >= 15 is 0 Å². The van der Waals surface area contributed by atoms with Gasteiger partial charge in [0.15, 0.2) is 0 Å². The second kappa shape index (κ2) is 8.24. The van der Waals surface area contributed by atoms with E-state index in [0.717, 1.165) is 11.9 Å². The lowest BCUT2D eigenvalue weighted by Crippen LogP contribution is -2.13. The minimum absolute atomic E-state index is 0.307. The van der Waals surface area contributed by atoms with Crippen LogP contribution in [0.4, 0.5) is 0 Å². The largest absolute Gasteiger partial charge is 0.278 e. The molecule has 29 heavy (non-hydrogen) atoms. The molecule has 0 saturated carbocycles. The first kappa shape index (κ1) is 19.4. The topological polar surface area (TPSA) is 28.7 Å².